The molecule has 1 aliphatic rings. The molecule has 0 atom stereocenters. The van der Waals surface area contributed by atoms with Crippen molar-refractivity contribution in [2.75, 3.05) is 18.0 Å². The summed E-state index contributed by atoms with van der Waals surface area (Å²) >= 11 is 0. The number of aromatic amines is 1. The molecular formula is C18H22N6O. The van der Waals surface area contributed by atoms with E-state index in [0.717, 1.165) is 41.2 Å². The first-order valence-corrected chi connectivity index (χ1v) is 8.79. The van der Waals surface area contributed by atoms with Crippen LogP contribution in [-0.4, -0.2) is 44.3 Å². The molecular weight excluding hydrogens is 316 g/mol. The van der Waals surface area contributed by atoms with Gasteiger partial charge in [-0.05, 0) is 33.1 Å². The molecule has 1 fully saturated rings. The van der Waals surface area contributed by atoms with Gasteiger partial charge in [0.15, 0.2) is 0 Å². The lowest BCUT2D eigenvalue weighted by atomic mass is 10.1. The van der Waals surface area contributed by atoms with Gasteiger partial charge >= 0.3 is 0 Å². The van der Waals surface area contributed by atoms with E-state index in [-0.39, 0.29) is 6.10 Å². The smallest absolute Gasteiger partial charge is 0.214 e. The summed E-state index contributed by atoms with van der Waals surface area (Å²) in [6.07, 6.45) is 7.16. The minimum atomic E-state index is 0.0741. The maximum Gasteiger partial charge on any atom is 0.214 e. The Hall–Kier alpha value is -2.70. The zero-order valence-electron chi connectivity index (χ0n) is 14.6. The quantitative estimate of drug-likeness (QED) is 0.787. The van der Waals surface area contributed by atoms with Gasteiger partial charge in [0.2, 0.25) is 5.88 Å². The molecule has 3 aromatic heterocycles. The number of aromatic nitrogens is 5. The van der Waals surface area contributed by atoms with E-state index in [4.69, 9.17) is 4.74 Å². The van der Waals surface area contributed by atoms with E-state index in [2.05, 4.69) is 30.0 Å². The van der Waals surface area contributed by atoms with Crippen molar-refractivity contribution < 1.29 is 4.74 Å². The molecule has 0 amide bonds. The fraction of sp³-hybridized carbons (Fsp3) is 0.444. The van der Waals surface area contributed by atoms with E-state index >= 15 is 0 Å². The van der Waals surface area contributed by atoms with E-state index < -0.39 is 0 Å². The van der Waals surface area contributed by atoms with Crippen LogP contribution >= 0.6 is 0 Å². The summed E-state index contributed by atoms with van der Waals surface area (Å²) in [5.74, 6) is 1.56. The second kappa shape index (κ2) is 6.66. The highest BCUT2D eigenvalue weighted by Crippen LogP contribution is 2.29. The number of fused-ring (bicyclic) bond motifs is 1. The predicted molar refractivity (Wildman–Crippen MR) is 96.7 cm³/mol. The zero-order chi connectivity index (χ0) is 17.2. The Morgan fingerprint density at radius 1 is 1.08 bits per heavy atom. The number of anilines is 1. The van der Waals surface area contributed by atoms with Gasteiger partial charge in [-0.3, -0.25) is 5.10 Å². The van der Waals surface area contributed by atoms with Crippen LogP contribution < -0.4 is 9.64 Å². The fourth-order valence-corrected chi connectivity index (χ4v) is 3.17. The summed E-state index contributed by atoms with van der Waals surface area (Å²) in [6, 6.07) is 3.93. The normalized spacial score (nSPS) is 15.1. The summed E-state index contributed by atoms with van der Waals surface area (Å²) in [7, 11) is 0. The number of pyridine rings is 1. The van der Waals surface area contributed by atoms with Crippen LogP contribution in [-0.2, 0) is 0 Å². The maximum atomic E-state index is 5.71. The van der Waals surface area contributed by atoms with Gasteiger partial charge in [0, 0.05) is 30.6 Å². The van der Waals surface area contributed by atoms with Crippen LogP contribution in [0.2, 0.25) is 0 Å². The third-order valence-corrected chi connectivity index (χ3v) is 4.35. The lowest BCUT2D eigenvalue weighted by Gasteiger charge is -2.27. The number of hydrogen-bond donors (Lipinski definition) is 1. The van der Waals surface area contributed by atoms with Gasteiger partial charge in [-0.2, -0.15) is 5.10 Å². The maximum absolute atomic E-state index is 5.71. The Labute approximate surface area is 146 Å². The molecule has 0 bridgehead atoms. The van der Waals surface area contributed by atoms with E-state index in [0.29, 0.717) is 5.88 Å². The number of nitrogens with one attached hydrogen (secondary N) is 1. The van der Waals surface area contributed by atoms with Crippen molar-refractivity contribution in [2.45, 2.75) is 39.2 Å². The van der Waals surface area contributed by atoms with Crippen LogP contribution in [0, 0.1) is 0 Å². The van der Waals surface area contributed by atoms with Gasteiger partial charge in [0.25, 0.3) is 0 Å². The minimum absolute atomic E-state index is 0.0741. The van der Waals surface area contributed by atoms with Crippen LogP contribution in [0.3, 0.4) is 0 Å². The highest BCUT2D eigenvalue weighted by molar-refractivity contribution is 5.92. The molecule has 4 heterocycles. The molecule has 1 N–H and O–H groups in total. The summed E-state index contributed by atoms with van der Waals surface area (Å²) in [5.41, 5.74) is 2.47. The number of nitrogens with zero attached hydrogens (tertiary/aromatic N) is 5. The summed E-state index contributed by atoms with van der Waals surface area (Å²) < 4.78 is 5.71. The van der Waals surface area contributed by atoms with Crippen molar-refractivity contribution in [3.05, 3.63) is 24.7 Å². The summed E-state index contributed by atoms with van der Waals surface area (Å²) in [5, 5.41) is 8.42. The molecule has 0 saturated carbocycles. The van der Waals surface area contributed by atoms with Crippen molar-refractivity contribution in [2.24, 2.45) is 0 Å². The molecule has 0 spiro atoms. The van der Waals surface area contributed by atoms with E-state index in [1.807, 2.05) is 26.0 Å². The average molecular weight is 338 g/mol. The topological polar surface area (TPSA) is 79.8 Å². The molecule has 3 aromatic rings. The number of ether oxygens (including phenoxy) is 1. The van der Waals surface area contributed by atoms with Gasteiger partial charge in [-0.25, -0.2) is 15.0 Å². The second-order valence-electron chi connectivity index (χ2n) is 6.62. The molecule has 4 rings (SSSR count). The Kier molecular flexibility index (Phi) is 4.21. The van der Waals surface area contributed by atoms with E-state index in [1.54, 1.807) is 12.5 Å². The number of rotatable bonds is 4. The SMILES string of the molecule is CC(C)Oc1cc2c(-c3cc(N4CCCCC4)ncn3)n[nH]c2cn1. The largest absolute Gasteiger partial charge is 0.475 e. The molecule has 7 heteroatoms. The van der Waals surface area contributed by atoms with Crippen molar-refractivity contribution in [3.8, 4) is 17.3 Å². The molecule has 25 heavy (non-hydrogen) atoms. The summed E-state index contributed by atoms with van der Waals surface area (Å²) in [4.78, 5) is 15.5. The highest BCUT2D eigenvalue weighted by Gasteiger charge is 2.16. The first-order chi connectivity index (χ1) is 12.2. The first kappa shape index (κ1) is 15.8. The molecule has 7 nitrogen and oxygen atoms in total. The van der Waals surface area contributed by atoms with Crippen molar-refractivity contribution in [1.82, 2.24) is 25.1 Å². The lowest BCUT2D eigenvalue weighted by Crippen LogP contribution is -2.30. The molecule has 0 radical (unpaired) electrons. The standard InChI is InChI=1S/C18H22N6O/c1-12(2)25-17-8-13-15(10-19-17)22-23-18(13)14-9-16(21-11-20-14)24-6-4-3-5-7-24/h8-12H,3-7H2,1-2H3,(H,22,23). The van der Waals surface area contributed by atoms with Crippen LogP contribution in [0.5, 0.6) is 5.88 Å². The van der Waals surface area contributed by atoms with Crippen molar-refractivity contribution in [3.63, 3.8) is 0 Å². The van der Waals surface area contributed by atoms with Crippen molar-refractivity contribution in [1.29, 1.82) is 0 Å². The first-order valence-electron chi connectivity index (χ1n) is 8.79. The van der Waals surface area contributed by atoms with Gasteiger partial charge < -0.3 is 9.64 Å². The zero-order valence-corrected chi connectivity index (χ0v) is 14.6. The van der Waals surface area contributed by atoms with Gasteiger partial charge in [0.05, 0.1) is 23.5 Å². The van der Waals surface area contributed by atoms with E-state index in [1.165, 1.54) is 19.3 Å². The fourth-order valence-electron chi connectivity index (χ4n) is 3.17. The number of piperidine rings is 1. The third kappa shape index (κ3) is 3.26. The van der Waals surface area contributed by atoms with Crippen LogP contribution in [0.4, 0.5) is 5.82 Å². The Balaban J connectivity index is 1.71. The van der Waals surface area contributed by atoms with E-state index in [9.17, 15) is 0 Å². The molecule has 0 aliphatic carbocycles. The van der Waals surface area contributed by atoms with Gasteiger partial charge in [-0.1, -0.05) is 0 Å². The molecule has 0 aromatic carbocycles. The van der Waals surface area contributed by atoms with Gasteiger partial charge in [0.1, 0.15) is 17.8 Å². The Morgan fingerprint density at radius 3 is 2.72 bits per heavy atom. The van der Waals surface area contributed by atoms with Crippen LogP contribution in [0.1, 0.15) is 33.1 Å². The Bertz CT molecular complexity index is 869. The molecule has 1 aliphatic heterocycles. The predicted octanol–water partition coefficient (Wildman–Crippen LogP) is 3.19. The minimum Gasteiger partial charge on any atom is -0.475 e. The average Bonchev–Trinajstić information content (AvgIpc) is 3.05. The number of hydrogen-bond acceptors (Lipinski definition) is 6. The lowest BCUT2D eigenvalue weighted by molar-refractivity contribution is 0.233. The van der Waals surface area contributed by atoms with Crippen LogP contribution in [0.15, 0.2) is 24.7 Å². The van der Waals surface area contributed by atoms with Crippen molar-refractivity contribution >= 4 is 16.7 Å². The number of H-pyrrole nitrogens is 1. The summed E-state index contributed by atoms with van der Waals surface area (Å²) in [6.45, 7) is 6.07. The highest BCUT2D eigenvalue weighted by atomic mass is 16.5. The van der Waals surface area contributed by atoms with Gasteiger partial charge in [-0.15, -0.1) is 0 Å². The van der Waals surface area contributed by atoms with Crippen LogP contribution in [0.25, 0.3) is 22.3 Å². The second-order valence-corrected chi connectivity index (χ2v) is 6.62. The third-order valence-electron chi connectivity index (χ3n) is 4.35. The monoisotopic (exact) mass is 338 g/mol. The molecule has 130 valence electrons. The molecule has 0 unspecified atom stereocenters. The molecule has 1 saturated heterocycles. The Morgan fingerprint density at radius 2 is 1.92 bits per heavy atom.